The van der Waals surface area contributed by atoms with E-state index in [9.17, 15) is 0 Å². The molecule has 0 N–H and O–H groups in total. The van der Waals surface area contributed by atoms with E-state index in [4.69, 9.17) is 4.74 Å². The van der Waals surface area contributed by atoms with Crippen molar-refractivity contribution in [2.24, 2.45) is 4.99 Å². The fourth-order valence-corrected chi connectivity index (χ4v) is 2.39. The summed E-state index contributed by atoms with van der Waals surface area (Å²) in [5.41, 5.74) is 2.37. The van der Waals surface area contributed by atoms with Crippen LogP contribution in [-0.4, -0.2) is 32.7 Å². The number of halogens is 1. The molecule has 0 aliphatic carbocycles. The molecule has 1 aromatic carbocycles. The largest absolute Gasteiger partial charge is 0.497 e. The van der Waals surface area contributed by atoms with Crippen LogP contribution in [0.3, 0.4) is 0 Å². The molecule has 5 heteroatoms. The molecule has 0 bridgehead atoms. The SMILES string of the molecule is Br.C=CCN1C2=NCCN2c2cc(OC)ccc21. The zero-order valence-corrected chi connectivity index (χ0v) is 12.0. The Kier molecular flexibility index (Phi) is 3.61. The zero-order chi connectivity index (χ0) is 11.8. The summed E-state index contributed by atoms with van der Waals surface area (Å²) >= 11 is 0. The van der Waals surface area contributed by atoms with E-state index in [-0.39, 0.29) is 17.0 Å². The van der Waals surface area contributed by atoms with Crippen molar-refractivity contribution in [1.29, 1.82) is 0 Å². The van der Waals surface area contributed by atoms with Crippen LogP contribution in [0.1, 0.15) is 0 Å². The van der Waals surface area contributed by atoms with Crippen LogP contribution >= 0.6 is 17.0 Å². The van der Waals surface area contributed by atoms with Gasteiger partial charge in [-0.05, 0) is 12.1 Å². The summed E-state index contributed by atoms with van der Waals surface area (Å²) in [7, 11) is 1.69. The Morgan fingerprint density at radius 1 is 1.44 bits per heavy atom. The maximum Gasteiger partial charge on any atom is 0.206 e. The number of hydrogen-bond donors (Lipinski definition) is 0. The fraction of sp³-hybridized carbons (Fsp3) is 0.308. The van der Waals surface area contributed by atoms with Crippen molar-refractivity contribution >= 4 is 34.3 Å². The van der Waals surface area contributed by atoms with Gasteiger partial charge in [-0.15, -0.1) is 23.6 Å². The van der Waals surface area contributed by atoms with E-state index in [0.717, 1.165) is 31.3 Å². The highest BCUT2D eigenvalue weighted by molar-refractivity contribution is 8.93. The molecule has 0 spiro atoms. The van der Waals surface area contributed by atoms with Gasteiger partial charge in [0, 0.05) is 19.2 Å². The van der Waals surface area contributed by atoms with E-state index in [1.54, 1.807) is 7.11 Å². The molecule has 3 rings (SSSR count). The lowest BCUT2D eigenvalue weighted by Gasteiger charge is -2.16. The highest BCUT2D eigenvalue weighted by Crippen LogP contribution is 2.40. The van der Waals surface area contributed by atoms with Crippen molar-refractivity contribution in [3.05, 3.63) is 30.9 Å². The Morgan fingerprint density at radius 3 is 3.00 bits per heavy atom. The summed E-state index contributed by atoms with van der Waals surface area (Å²) < 4.78 is 5.28. The van der Waals surface area contributed by atoms with Crippen LogP contribution in [0.15, 0.2) is 35.8 Å². The second-order valence-corrected chi connectivity index (χ2v) is 4.09. The quantitative estimate of drug-likeness (QED) is 0.803. The van der Waals surface area contributed by atoms with Gasteiger partial charge in [-0.3, -0.25) is 4.99 Å². The highest BCUT2D eigenvalue weighted by atomic mass is 79.9. The molecular weight excluding hydrogens is 294 g/mol. The van der Waals surface area contributed by atoms with E-state index in [0.29, 0.717) is 0 Å². The van der Waals surface area contributed by atoms with Crippen LogP contribution in [0.25, 0.3) is 0 Å². The van der Waals surface area contributed by atoms with Crippen molar-refractivity contribution in [3.63, 3.8) is 0 Å². The van der Waals surface area contributed by atoms with Gasteiger partial charge in [0.1, 0.15) is 5.75 Å². The first-order valence-corrected chi connectivity index (χ1v) is 5.73. The molecule has 2 aliphatic rings. The molecule has 0 amide bonds. The van der Waals surface area contributed by atoms with E-state index < -0.39 is 0 Å². The third kappa shape index (κ3) is 1.79. The molecule has 0 unspecified atom stereocenters. The summed E-state index contributed by atoms with van der Waals surface area (Å²) in [5, 5.41) is 0. The molecule has 0 atom stereocenters. The minimum Gasteiger partial charge on any atom is -0.497 e. The summed E-state index contributed by atoms with van der Waals surface area (Å²) in [6.07, 6.45) is 1.90. The maximum absolute atomic E-state index is 5.28. The van der Waals surface area contributed by atoms with Gasteiger partial charge in [-0.1, -0.05) is 6.08 Å². The molecule has 18 heavy (non-hydrogen) atoms. The van der Waals surface area contributed by atoms with Crippen LogP contribution in [-0.2, 0) is 0 Å². The number of ether oxygens (including phenoxy) is 1. The average molecular weight is 310 g/mol. The Labute approximate surface area is 117 Å². The standard InChI is InChI=1S/C13H15N3O.BrH/c1-3-7-15-11-5-4-10(17-2)9-12(11)16-8-6-14-13(15)16;/h3-5,9H,1,6-8H2,2H3;1H. The number of hydrogen-bond acceptors (Lipinski definition) is 4. The number of rotatable bonds is 3. The fourth-order valence-electron chi connectivity index (χ4n) is 2.39. The van der Waals surface area contributed by atoms with Gasteiger partial charge in [-0.25, -0.2) is 0 Å². The van der Waals surface area contributed by atoms with Crippen molar-refractivity contribution in [3.8, 4) is 5.75 Å². The predicted octanol–water partition coefficient (Wildman–Crippen LogP) is 2.46. The lowest BCUT2D eigenvalue weighted by molar-refractivity contribution is 0.415. The van der Waals surface area contributed by atoms with Crippen LogP contribution < -0.4 is 14.5 Å². The Morgan fingerprint density at radius 2 is 2.28 bits per heavy atom. The lowest BCUT2D eigenvalue weighted by atomic mass is 10.2. The first-order valence-electron chi connectivity index (χ1n) is 5.73. The van der Waals surface area contributed by atoms with E-state index >= 15 is 0 Å². The van der Waals surface area contributed by atoms with Gasteiger partial charge in [0.2, 0.25) is 5.96 Å². The van der Waals surface area contributed by atoms with Gasteiger partial charge in [-0.2, -0.15) is 0 Å². The molecule has 2 heterocycles. The molecule has 0 saturated carbocycles. The average Bonchev–Trinajstić information content (AvgIpc) is 2.92. The number of nitrogens with zero attached hydrogens (tertiary/aromatic N) is 3. The molecule has 2 aliphatic heterocycles. The number of anilines is 2. The molecule has 0 radical (unpaired) electrons. The van der Waals surface area contributed by atoms with Gasteiger partial charge in [0.05, 0.1) is 25.0 Å². The summed E-state index contributed by atoms with van der Waals surface area (Å²) in [6.45, 7) is 6.40. The molecule has 0 saturated heterocycles. The van der Waals surface area contributed by atoms with Crippen LogP contribution in [0, 0.1) is 0 Å². The smallest absolute Gasteiger partial charge is 0.206 e. The van der Waals surface area contributed by atoms with E-state index in [1.807, 2.05) is 12.1 Å². The number of methoxy groups -OCH3 is 1. The van der Waals surface area contributed by atoms with Crippen LogP contribution in [0.5, 0.6) is 5.75 Å². The van der Waals surface area contributed by atoms with Crippen molar-refractivity contribution in [1.82, 2.24) is 0 Å². The second kappa shape index (κ2) is 5.02. The van der Waals surface area contributed by atoms with Crippen molar-refractivity contribution in [2.45, 2.75) is 0 Å². The minimum atomic E-state index is 0. The van der Waals surface area contributed by atoms with Crippen molar-refractivity contribution in [2.75, 3.05) is 36.5 Å². The van der Waals surface area contributed by atoms with E-state index in [1.165, 1.54) is 11.4 Å². The van der Waals surface area contributed by atoms with E-state index in [2.05, 4.69) is 33.5 Å². The van der Waals surface area contributed by atoms with Crippen LogP contribution in [0.2, 0.25) is 0 Å². The van der Waals surface area contributed by atoms with Gasteiger partial charge in [0.15, 0.2) is 0 Å². The lowest BCUT2D eigenvalue weighted by Crippen LogP contribution is -2.35. The molecular formula is C13H16BrN3O. The minimum absolute atomic E-state index is 0. The maximum atomic E-state index is 5.28. The van der Waals surface area contributed by atoms with Gasteiger partial charge in [0.25, 0.3) is 0 Å². The number of fused-ring (bicyclic) bond motifs is 3. The molecule has 4 nitrogen and oxygen atoms in total. The Balaban J connectivity index is 0.00000120. The topological polar surface area (TPSA) is 28.1 Å². The molecule has 0 aromatic heterocycles. The number of aliphatic imine (C=N–C) groups is 1. The molecule has 0 fully saturated rings. The first-order chi connectivity index (χ1) is 8.35. The monoisotopic (exact) mass is 309 g/mol. The third-order valence-electron chi connectivity index (χ3n) is 3.14. The number of guanidine groups is 1. The summed E-state index contributed by atoms with van der Waals surface area (Å²) in [6, 6.07) is 6.13. The highest BCUT2D eigenvalue weighted by Gasteiger charge is 2.34. The molecule has 96 valence electrons. The Bertz CT molecular complexity index is 501. The summed E-state index contributed by atoms with van der Waals surface area (Å²) in [5.74, 6) is 1.92. The predicted molar refractivity (Wildman–Crippen MR) is 80.5 cm³/mol. The van der Waals surface area contributed by atoms with Crippen molar-refractivity contribution < 1.29 is 4.74 Å². The van der Waals surface area contributed by atoms with Gasteiger partial charge >= 0.3 is 0 Å². The number of benzene rings is 1. The zero-order valence-electron chi connectivity index (χ0n) is 10.3. The summed E-state index contributed by atoms with van der Waals surface area (Å²) in [4.78, 5) is 8.97. The normalized spacial score (nSPS) is 15.7. The molecule has 1 aromatic rings. The second-order valence-electron chi connectivity index (χ2n) is 4.09. The van der Waals surface area contributed by atoms with Crippen LogP contribution in [0.4, 0.5) is 11.4 Å². The third-order valence-corrected chi connectivity index (χ3v) is 3.14. The van der Waals surface area contributed by atoms with Gasteiger partial charge < -0.3 is 14.5 Å². The first kappa shape index (κ1) is 13.0. The Hall–Kier alpha value is -1.49.